The third-order valence-corrected chi connectivity index (χ3v) is 7.52. The molecular weight excluding hydrogens is 328 g/mol. The van der Waals surface area contributed by atoms with Crippen molar-refractivity contribution in [3.05, 3.63) is 0 Å². The SMILES string of the molecule is COCCN1CC(CCC[Si](OC)(OC)OC)CN(CCOC)C1. The Morgan fingerprint density at radius 1 is 0.833 bits per heavy atom. The van der Waals surface area contributed by atoms with E-state index in [9.17, 15) is 0 Å². The van der Waals surface area contributed by atoms with Crippen LogP contribution < -0.4 is 0 Å². The predicted molar refractivity (Wildman–Crippen MR) is 96.1 cm³/mol. The van der Waals surface area contributed by atoms with E-state index in [1.54, 1.807) is 35.5 Å². The van der Waals surface area contributed by atoms with E-state index in [0.29, 0.717) is 5.92 Å². The maximum Gasteiger partial charge on any atom is 0.500 e. The lowest BCUT2D eigenvalue weighted by Crippen LogP contribution is -2.51. The van der Waals surface area contributed by atoms with Gasteiger partial charge in [0.1, 0.15) is 0 Å². The molecule has 1 aliphatic heterocycles. The number of ether oxygens (including phenoxy) is 2. The first-order chi connectivity index (χ1) is 11.6. The van der Waals surface area contributed by atoms with Gasteiger partial charge in [0.2, 0.25) is 0 Å². The molecule has 0 aromatic heterocycles. The van der Waals surface area contributed by atoms with Crippen molar-refractivity contribution in [1.29, 1.82) is 0 Å². The molecule has 144 valence electrons. The molecule has 1 fully saturated rings. The van der Waals surface area contributed by atoms with E-state index in [1.807, 2.05) is 0 Å². The zero-order valence-corrected chi connectivity index (χ0v) is 17.1. The smallest absolute Gasteiger partial charge is 0.383 e. The van der Waals surface area contributed by atoms with Gasteiger partial charge in [-0.25, -0.2) is 0 Å². The van der Waals surface area contributed by atoms with Gasteiger partial charge in [-0.3, -0.25) is 9.80 Å². The average Bonchev–Trinajstić information content (AvgIpc) is 2.62. The molecule has 0 atom stereocenters. The highest BCUT2D eigenvalue weighted by atomic mass is 28.4. The highest BCUT2D eigenvalue weighted by Gasteiger charge is 2.37. The third kappa shape index (κ3) is 7.45. The number of methoxy groups -OCH3 is 2. The summed E-state index contributed by atoms with van der Waals surface area (Å²) in [7, 11) is 6.11. The summed E-state index contributed by atoms with van der Waals surface area (Å²) >= 11 is 0. The van der Waals surface area contributed by atoms with E-state index < -0.39 is 8.80 Å². The van der Waals surface area contributed by atoms with Crippen molar-refractivity contribution < 1.29 is 22.8 Å². The molecule has 0 bridgehead atoms. The molecule has 0 amide bonds. The van der Waals surface area contributed by atoms with Crippen LogP contribution in [-0.2, 0) is 22.8 Å². The normalized spacial score (nSPS) is 18.4. The standard InChI is InChI=1S/C16H36N2O5Si/c1-19-10-8-17-13-16(14-18(15-17)9-11-20-2)7-6-12-24(21-3,22-4)23-5/h16H,6-15H2,1-5H3. The Bertz CT molecular complexity index is 297. The van der Waals surface area contributed by atoms with Crippen molar-refractivity contribution in [2.45, 2.75) is 18.9 Å². The van der Waals surface area contributed by atoms with Gasteiger partial charge < -0.3 is 22.8 Å². The number of nitrogens with zero attached hydrogens (tertiary/aromatic N) is 2. The largest absolute Gasteiger partial charge is 0.500 e. The second-order valence-electron chi connectivity index (χ2n) is 6.33. The topological polar surface area (TPSA) is 52.6 Å². The highest BCUT2D eigenvalue weighted by molar-refractivity contribution is 6.60. The Kier molecular flexibility index (Phi) is 11.3. The van der Waals surface area contributed by atoms with Crippen LogP contribution in [0.25, 0.3) is 0 Å². The number of hydrogen-bond acceptors (Lipinski definition) is 7. The Morgan fingerprint density at radius 3 is 1.75 bits per heavy atom. The van der Waals surface area contributed by atoms with E-state index in [1.165, 1.54) is 0 Å². The van der Waals surface area contributed by atoms with Gasteiger partial charge in [0.15, 0.2) is 0 Å². The fourth-order valence-electron chi connectivity index (χ4n) is 3.30. The van der Waals surface area contributed by atoms with Crippen LogP contribution in [0.2, 0.25) is 6.04 Å². The molecule has 0 saturated carbocycles. The maximum atomic E-state index is 5.51. The van der Waals surface area contributed by atoms with E-state index >= 15 is 0 Å². The Morgan fingerprint density at radius 2 is 1.33 bits per heavy atom. The first-order valence-corrected chi connectivity index (χ1v) is 10.6. The summed E-state index contributed by atoms with van der Waals surface area (Å²) in [4.78, 5) is 4.95. The summed E-state index contributed by atoms with van der Waals surface area (Å²) < 4.78 is 27.0. The fraction of sp³-hybridized carbons (Fsp3) is 1.00. The van der Waals surface area contributed by atoms with Crippen LogP contribution in [0.15, 0.2) is 0 Å². The Balaban J connectivity index is 2.48. The van der Waals surface area contributed by atoms with Crippen molar-refractivity contribution in [2.24, 2.45) is 5.92 Å². The highest BCUT2D eigenvalue weighted by Crippen LogP contribution is 2.22. The summed E-state index contributed by atoms with van der Waals surface area (Å²) in [6.07, 6.45) is 2.21. The maximum absolute atomic E-state index is 5.51. The van der Waals surface area contributed by atoms with Crippen LogP contribution >= 0.6 is 0 Å². The molecule has 1 saturated heterocycles. The van der Waals surface area contributed by atoms with Gasteiger partial charge >= 0.3 is 8.80 Å². The van der Waals surface area contributed by atoms with Crippen LogP contribution in [-0.4, -0.2) is 100 Å². The molecule has 0 radical (unpaired) electrons. The van der Waals surface area contributed by atoms with Gasteiger partial charge in [-0.05, 0) is 18.8 Å². The quantitative estimate of drug-likeness (QED) is 0.454. The van der Waals surface area contributed by atoms with Crippen LogP contribution in [0, 0.1) is 5.92 Å². The van der Waals surface area contributed by atoms with Crippen LogP contribution in [0.1, 0.15) is 12.8 Å². The molecule has 1 rings (SSSR count). The van der Waals surface area contributed by atoms with Crippen molar-refractivity contribution >= 4 is 8.80 Å². The lowest BCUT2D eigenvalue weighted by molar-refractivity contribution is 0.0154. The molecule has 0 unspecified atom stereocenters. The number of rotatable bonds is 13. The van der Waals surface area contributed by atoms with Crippen molar-refractivity contribution in [1.82, 2.24) is 9.80 Å². The second-order valence-corrected chi connectivity index (χ2v) is 9.43. The molecule has 1 aliphatic rings. The van der Waals surface area contributed by atoms with Gasteiger partial charge in [-0.1, -0.05) is 0 Å². The monoisotopic (exact) mass is 364 g/mol. The molecule has 8 heteroatoms. The minimum Gasteiger partial charge on any atom is -0.383 e. The van der Waals surface area contributed by atoms with E-state index in [0.717, 1.165) is 64.9 Å². The summed E-state index contributed by atoms with van der Waals surface area (Å²) in [6, 6.07) is 0.864. The molecule has 0 spiro atoms. The third-order valence-electron chi connectivity index (χ3n) is 4.68. The van der Waals surface area contributed by atoms with E-state index in [-0.39, 0.29) is 0 Å². The fourth-order valence-corrected chi connectivity index (χ4v) is 5.05. The molecule has 0 aromatic carbocycles. The average molecular weight is 365 g/mol. The molecule has 24 heavy (non-hydrogen) atoms. The van der Waals surface area contributed by atoms with E-state index in [2.05, 4.69) is 9.80 Å². The second kappa shape index (κ2) is 12.3. The predicted octanol–water partition coefficient (Wildman–Crippen LogP) is 1.13. The summed E-state index contributed by atoms with van der Waals surface area (Å²) in [5.74, 6) is 0.643. The molecule has 7 nitrogen and oxygen atoms in total. The Labute approximate surface area is 148 Å². The summed E-state index contributed by atoms with van der Waals surface area (Å²) in [6.45, 7) is 6.74. The zero-order valence-electron chi connectivity index (χ0n) is 16.1. The van der Waals surface area contributed by atoms with Gasteiger partial charge in [-0.15, -0.1) is 0 Å². The van der Waals surface area contributed by atoms with Gasteiger partial charge in [0.25, 0.3) is 0 Å². The first-order valence-electron chi connectivity index (χ1n) is 8.71. The van der Waals surface area contributed by atoms with Gasteiger partial charge in [0.05, 0.1) is 19.9 Å². The molecule has 0 aliphatic carbocycles. The molecular formula is C16H36N2O5Si. The van der Waals surface area contributed by atoms with Gasteiger partial charge in [-0.2, -0.15) is 0 Å². The van der Waals surface area contributed by atoms with Crippen LogP contribution in [0.4, 0.5) is 0 Å². The molecule has 0 N–H and O–H groups in total. The number of hydrogen-bond donors (Lipinski definition) is 0. The summed E-state index contributed by atoms with van der Waals surface area (Å²) in [5.41, 5.74) is 0. The first kappa shape index (κ1) is 22.0. The molecule has 1 heterocycles. The lowest BCUT2D eigenvalue weighted by Gasteiger charge is -2.40. The summed E-state index contributed by atoms with van der Waals surface area (Å²) in [5, 5.41) is 0. The lowest BCUT2D eigenvalue weighted by atomic mass is 10.0. The minimum absolute atomic E-state index is 0.643. The Hall–Kier alpha value is -0.0631. The van der Waals surface area contributed by atoms with Gasteiger partial charge in [0, 0.05) is 67.8 Å². The van der Waals surface area contributed by atoms with Crippen molar-refractivity contribution in [3.63, 3.8) is 0 Å². The van der Waals surface area contributed by atoms with Crippen LogP contribution in [0.3, 0.4) is 0 Å². The zero-order chi connectivity index (χ0) is 17.8. The molecule has 0 aromatic rings. The van der Waals surface area contributed by atoms with Crippen molar-refractivity contribution in [3.8, 4) is 0 Å². The van der Waals surface area contributed by atoms with Crippen molar-refractivity contribution in [2.75, 3.05) is 81.6 Å². The van der Waals surface area contributed by atoms with E-state index in [4.69, 9.17) is 22.8 Å². The minimum atomic E-state index is -2.45. The van der Waals surface area contributed by atoms with Crippen LogP contribution in [0.5, 0.6) is 0 Å².